The lowest BCUT2D eigenvalue weighted by Gasteiger charge is -2.45. The minimum Gasteiger partial charge on any atom is -0.391 e. The van der Waals surface area contributed by atoms with Crippen LogP contribution in [0.1, 0.15) is 0 Å². The van der Waals surface area contributed by atoms with Crippen molar-refractivity contribution in [2.24, 2.45) is 0 Å². The molecular weight excluding hydrogens is 827 g/mol. The number of aliphatic hydroxyl groups is 2. The molecule has 308 valence electrons. The lowest BCUT2D eigenvalue weighted by Crippen LogP contribution is -2.78. The van der Waals surface area contributed by atoms with Gasteiger partial charge in [0.25, 0.3) is 10.0 Å². The van der Waals surface area contributed by atoms with Crippen molar-refractivity contribution in [3.05, 3.63) is 0 Å². The van der Waals surface area contributed by atoms with Gasteiger partial charge in [-0.05, 0) is 0 Å². The zero-order chi connectivity index (χ0) is 42.1. The van der Waals surface area contributed by atoms with Gasteiger partial charge in [0.1, 0.15) is 19.2 Å². The Morgan fingerprint density at radius 2 is 0.765 bits per heavy atom. The van der Waals surface area contributed by atoms with Crippen molar-refractivity contribution < 1.29 is 133 Å². The molecule has 0 heterocycles. The lowest BCUT2D eigenvalue weighted by atomic mass is 9.85. The highest BCUT2D eigenvalue weighted by molar-refractivity contribution is 7.90. The van der Waals surface area contributed by atoms with Gasteiger partial charge in [-0.15, -0.1) is 0 Å². The number of sulfonamides is 1. The number of quaternary nitrogens is 1. The zero-order valence-electron chi connectivity index (χ0n) is 23.9. The SMILES string of the molecule is C[N+](C)(CCO)CC(O)CNS(=O)(=O)C(F)(F)C(F)(F)C(F)(F)C(F)(F)C(F)(F)C(F)(F)C(F)(F)C(F)(F)C(F)(F)C(F)(F)C(F)(F)C(F)(F)F. The molecule has 0 aromatic heterocycles. The number of aliphatic hydroxyl groups excluding tert-OH is 2. The second-order valence-electron chi connectivity index (χ2n) is 10.8. The normalized spacial score (nSPS) is 17.2. The molecule has 6 nitrogen and oxygen atoms in total. The van der Waals surface area contributed by atoms with Crippen molar-refractivity contribution in [3.63, 3.8) is 0 Å². The van der Waals surface area contributed by atoms with Crippen LogP contribution in [0.3, 0.4) is 0 Å². The maximum absolute atomic E-state index is 14.1. The van der Waals surface area contributed by atoms with Crippen molar-refractivity contribution in [2.75, 3.05) is 40.3 Å². The molecule has 32 heteroatoms. The first-order valence-electron chi connectivity index (χ1n) is 12.0. The molecule has 0 radical (unpaired) electrons. The summed E-state index contributed by atoms with van der Waals surface area (Å²) in [6.45, 7) is -3.97. The first-order chi connectivity index (χ1) is 21.7. The van der Waals surface area contributed by atoms with E-state index in [4.69, 9.17) is 5.11 Å². The fourth-order valence-electron chi connectivity index (χ4n) is 3.40. The minimum atomic E-state index is -9.78. The van der Waals surface area contributed by atoms with Crippen LogP contribution in [0, 0.1) is 0 Å². The molecule has 51 heavy (non-hydrogen) atoms. The summed E-state index contributed by atoms with van der Waals surface area (Å²) in [5.74, 6) is -94.1. The Kier molecular flexibility index (Phi) is 12.6. The van der Waals surface area contributed by atoms with Gasteiger partial charge in [-0.1, -0.05) is 0 Å². The number of nitrogens with one attached hydrogen (secondary N) is 1. The third-order valence-corrected chi connectivity index (χ3v) is 8.01. The summed E-state index contributed by atoms with van der Waals surface area (Å²) in [4.78, 5) is 0. The molecule has 0 saturated carbocycles. The Labute approximate surface area is 265 Å². The number of nitrogens with zero attached hydrogens (tertiary/aromatic N) is 1. The number of hydrogen-bond donors (Lipinski definition) is 3. The fourth-order valence-corrected chi connectivity index (χ4v) is 4.46. The number of halogens is 25. The predicted octanol–water partition coefficient (Wildman–Crippen LogP) is 5.84. The van der Waals surface area contributed by atoms with Gasteiger partial charge in [-0.3, -0.25) is 0 Å². The summed E-state index contributed by atoms with van der Waals surface area (Å²) in [5.41, 5.74) is 0. The van der Waals surface area contributed by atoms with E-state index in [9.17, 15) is 123 Å². The van der Waals surface area contributed by atoms with Crippen molar-refractivity contribution in [1.82, 2.24) is 4.72 Å². The Morgan fingerprint density at radius 3 is 1.02 bits per heavy atom. The average molecular weight is 845 g/mol. The van der Waals surface area contributed by atoms with E-state index in [0.717, 1.165) is 14.1 Å². The molecule has 0 aliphatic heterocycles. The van der Waals surface area contributed by atoms with Crippen LogP contribution in [0.15, 0.2) is 0 Å². The van der Waals surface area contributed by atoms with Crippen LogP contribution in [0.5, 0.6) is 0 Å². The number of rotatable bonds is 18. The summed E-state index contributed by atoms with van der Waals surface area (Å²) in [6.07, 6.45) is -10.6. The number of hydrogen-bond acceptors (Lipinski definition) is 4. The van der Waals surface area contributed by atoms with E-state index < -0.39 is 111 Å². The predicted molar refractivity (Wildman–Crippen MR) is 112 cm³/mol. The maximum Gasteiger partial charge on any atom is 0.460 e. The highest BCUT2D eigenvalue weighted by atomic mass is 32.2. The average Bonchev–Trinajstić information content (AvgIpc) is 2.89. The van der Waals surface area contributed by atoms with Crippen molar-refractivity contribution in [3.8, 4) is 0 Å². The minimum absolute atomic E-state index is 0.151. The summed E-state index contributed by atoms with van der Waals surface area (Å²) in [7, 11) is -5.66. The van der Waals surface area contributed by atoms with Crippen LogP contribution >= 0.6 is 0 Å². The zero-order valence-corrected chi connectivity index (χ0v) is 24.7. The molecule has 0 aromatic rings. The second-order valence-corrected chi connectivity index (χ2v) is 12.6. The maximum atomic E-state index is 14.1. The second kappa shape index (κ2) is 13.1. The molecule has 1 unspecified atom stereocenters. The van der Waals surface area contributed by atoms with E-state index in [-0.39, 0.29) is 11.3 Å². The first kappa shape index (κ1) is 49.0. The highest BCUT2D eigenvalue weighted by Gasteiger charge is 3.00. The van der Waals surface area contributed by atoms with Gasteiger partial charge in [-0.25, -0.2) is 13.1 Å². The molecule has 0 fully saturated rings. The topological polar surface area (TPSA) is 86.6 Å². The van der Waals surface area contributed by atoms with Crippen molar-refractivity contribution in [1.29, 1.82) is 0 Å². The quantitative estimate of drug-likeness (QED) is 0.120. The molecule has 0 spiro atoms. The molecule has 0 amide bonds. The monoisotopic (exact) mass is 845 g/mol. The number of likely N-dealkylation sites (N-methyl/N-ethyl adjacent to an activating group) is 1. The van der Waals surface area contributed by atoms with Crippen LogP contribution in [0.4, 0.5) is 110 Å². The molecule has 0 saturated heterocycles. The van der Waals surface area contributed by atoms with Gasteiger partial charge in [-0.2, -0.15) is 110 Å². The third kappa shape index (κ3) is 6.95. The summed E-state index contributed by atoms with van der Waals surface area (Å²) < 4.78 is 361. The summed E-state index contributed by atoms with van der Waals surface area (Å²) in [5, 5.41) is 10.4. The summed E-state index contributed by atoms with van der Waals surface area (Å²) >= 11 is 0. The highest BCUT2D eigenvalue weighted by Crippen LogP contribution is 2.68. The van der Waals surface area contributed by atoms with Gasteiger partial charge >= 0.3 is 70.7 Å². The Morgan fingerprint density at radius 1 is 0.510 bits per heavy atom. The molecule has 0 bridgehead atoms. The molecule has 0 aliphatic carbocycles. The molecule has 1 atom stereocenters. The van der Waals surface area contributed by atoms with Gasteiger partial charge in [0.15, 0.2) is 0 Å². The van der Waals surface area contributed by atoms with Crippen LogP contribution in [0.2, 0.25) is 0 Å². The molecular formula is C19H18F25N2O4S+. The molecule has 0 aliphatic rings. The molecule has 3 N–H and O–H groups in total. The Balaban J connectivity index is 7.17. The van der Waals surface area contributed by atoms with E-state index >= 15 is 0 Å². The van der Waals surface area contributed by atoms with Crippen LogP contribution in [0.25, 0.3) is 0 Å². The van der Waals surface area contributed by atoms with Crippen LogP contribution < -0.4 is 4.72 Å². The molecule has 0 rings (SSSR count). The van der Waals surface area contributed by atoms with Crippen LogP contribution in [-0.4, -0.2) is 140 Å². The lowest BCUT2D eigenvalue weighted by molar-refractivity contribution is -0.893. The van der Waals surface area contributed by atoms with E-state index in [1.54, 1.807) is 0 Å². The Bertz CT molecular complexity index is 1340. The standard InChI is InChI=1S/C19H18F25N2O4S/c1-46(2,3-4-47)6-7(48)5-45-51(49,50)19(43,44)17(38,39)15(34,35)13(30,31)11(26,27)9(22,23)8(20,21)10(24,25)12(28,29)14(32,33)16(36,37)18(40,41)42/h7,45,47-48H,3-6H2,1-2H3/q+1. The van der Waals surface area contributed by atoms with Crippen LogP contribution in [-0.2, 0) is 10.0 Å². The van der Waals surface area contributed by atoms with Gasteiger partial charge in [0.05, 0.1) is 20.7 Å². The Hall–Kier alpha value is -1.96. The molecule has 0 aromatic carbocycles. The smallest absolute Gasteiger partial charge is 0.391 e. The van der Waals surface area contributed by atoms with Crippen molar-refractivity contribution >= 4 is 10.0 Å². The summed E-state index contributed by atoms with van der Waals surface area (Å²) in [6, 6.07) is 0. The van der Waals surface area contributed by atoms with E-state index in [1.165, 1.54) is 0 Å². The third-order valence-electron chi connectivity index (χ3n) is 6.53. The first-order valence-corrected chi connectivity index (χ1v) is 13.5. The fraction of sp³-hybridized carbons (Fsp3) is 1.00. The largest absolute Gasteiger partial charge is 0.460 e. The van der Waals surface area contributed by atoms with E-state index in [2.05, 4.69) is 0 Å². The van der Waals surface area contributed by atoms with E-state index in [0.29, 0.717) is 0 Å². The van der Waals surface area contributed by atoms with Gasteiger partial charge in [0.2, 0.25) is 0 Å². The van der Waals surface area contributed by atoms with Gasteiger partial charge < -0.3 is 14.7 Å². The van der Waals surface area contributed by atoms with Crippen molar-refractivity contribution in [2.45, 2.75) is 76.8 Å². The van der Waals surface area contributed by atoms with Gasteiger partial charge in [0, 0.05) is 6.54 Å². The van der Waals surface area contributed by atoms with E-state index in [1.807, 2.05) is 0 Å². The number of alkyl halides is 25.